The van der Waals surface area contributed by atoms with Crippen molar-refractivity contribution in [3.8, 4) is 22.4 Å². The molecule has 1 aliphatic rings. The number of hydrogen-bond donors (Lipinski definition) is 1. The molecule has 0 aliphatic carbocycles. The van der Waals surface area contributed by atoms with Crippen LogP contribution in [0.3, 0.4) is 0 Å². The average Bonchev–Trinajstić information content (AvgIpc) is 3.13. The van der Waals surface area contributed by atoms with Gasteiger partial charge in [-0.1, -0.05) is 0 Å². The molecule has 0 spiro atoms. The molecule has 0 atom stereocenters. The first kappa shape index (κ1) is 14.6. The molecule has 1 aromatic heterocycles. The van der Waals surface area contributed by atoms with Crippen LogP contribution in [0, 0.1) is 11.6 Å². The third-order valence-electron chi connectivity index (χ3n) is 4.26. The summed E-state index contributed by atoms with van der Waals surface area (Å²) in [4.78, 5) is 16.2. The van der Waals surface area contributed by atoms with E-state index in [-0.39, 0.29) is 11.5 Å². The molecule has 1 aliphatic heterocycles. The lowest BCUT2D eigenvalue weighted by atomic mass is 9.94. The number of aryl methyl sites for hydroxylation is 1. The summed E-state index contributed by atoms with van der Waals surface area (Å²) in [5, 5.41) is 2.79. The van der Waals surface area contributed by atoms with Crippen molar-refractivity contribution in [3.63, 3.8) is 0 Å². The molecule has 0 fully saturated rings. The van der Waals surface area contributed by atoms with E-state index in [2.05, 4.69) is 10.3 Å². The number of carbonyl (C=O) groups is 1. The second kappa shape index (κ2) is 5.26. The molecule has 120 valence electrons. The van der Waals surface area contributed by atoms with Crippen molar-refractivity contribution in [1.82, 2.24) is 14.9 Å². The van der Waals surface area contributed by atoms with Crippen LogP contribution in [0.4, 0.5) is 8.78 Å². The van der Waals surface area contributed by atoms with Gasteiger partial charge in [0.05, 0.1) is 18.2 Å². The predicted molar refractivity (Wildman–Crippen MR) is 85.2 cm³/mol. The summed E-state index contributed by atoms with van der Waals surface area (Å²) < 4.78 is 29.2. The third-order valence-corrected chi connectivity index (χ3v) is 4.26. The molecule has 0 unspecified atom stereocenters. The van der Waals surface area contributed by atoms with Crippen molar-refractivity contribution in [2.45, 2.75) is 6.54 Å². The minimum Gasteiger partial charge on any atom is -0.348 e. The number of halogens is 2. The molecular formula is C18H13F2N3O. The zero-order valence-corrected chi connectivity index (χ0v) is 12.8. The van der Waals surface area contributed by atoms with E-state index in [0.29, 0.717) is 17.7 Å². The Labute approximate surface area is 136 Å². The van der Waals surface area contributed by atoms with E-state index in [1.807, 2.05) is 17.7 Å². The molecule has 2 heterocycles. The van der Waals surface area contributed by atoms with Gasteiger partial charge in [0, 0.05) is 36.3 Å². The Morgan fingerprint density at radius 3 is 2.62 bits per heavy atom. The molecular weight excluding hydrogens is 312 g/mol. The molecule has 3 aromatic rings. The lowest BCUT2D eigenvalue weighted by Gasteiger charge is -2.12. The van der Waals surface area contributed by atoms with Gasteiger partial charge in [0.2, 0.25) is 0 Å². The average molecular weight is 325 g/mol. The van der Waals surface area contributed by atoms with Crippen molar-refractivity contribution in [3.05, 3.63) is 65.6 Å². The van der Waals surface area contributed by atoms with Gasteiger partial charge in [-0.25, -0.2) is 13.8 Å². The minimum atomic E-state index is -0.663. The summed E-state index contributed by atoms with van der Waals surface area (Å²) >= 11 is 0. The maximum absolute atomic E-state index is 14.2. The molecule has 0 saturated heterocycles. The number of rotatable bonds is 2. The summed E-state index contributed by atoms with van der Waals surface area (Å²) in [5.74, 6) is -1.50. The number of carbonyl (C=O) groups excluding carboxylic acids is 1. The summed E-state index contributed by atoms with van der Waals surface area (Å²) in [6, 6.07) is 6.88. The molecule has 4 rings (SSSR count). The van der Waals surface area contributed by atoms with Crippen LogP contribution in [0.1, 0.15) is 15.9 Å². The maximum Gasteiger partial charge on any atom is 0.251 e. The van der Waals surface area contributed by atoms with Crippen molar-refractivity contribution >= 4 is 5.91 Å². The van der Waals surface area contributed by atoms with Crippen molar-refractivity contribution in [1.29, 1.82) is 0 Å². The summed E-state index contributed by atoms with van der Waals surface area (Å²) in [7, 11) is 1.85. The quantitative estimate of drug-likeness (QED) is 0.786. The maximum atomic E-state index is 14.2. The van der Waals surface area contributed by atoms with Crippen LogP contribution in [-0.4, -0.2) is 15.5 Å². The largest absolute Gasteiger partial charge is 0.348 e. The normalized spacial score (nSPS) is 13.0. The first-order valence-electron chi connectivity index (χ1n) is 7.42. The summed E-state index contributed by atoms with van der Waals surface area (Å²) in [6.45, 7) is 0.418. The number of aromatic nitrogens is 2. The van der Waals surface area contributed by atoms with E-state index in [1.54, 1.807) is 18.6 Å². The number of amides is 1. The van der Waals surface area contributed by atoms with Crippen LogP contribution in [0.2, 0.25) is 0 Å². The molecule has 2 aromatic carbocycles. The summed E-state index contributed by atoms with van der Waals surface area (Å²) in [6.07, 6.45) is 3.36. The Morgan fingerprint density at radius 2 is 1.92 bits per heavy atom. The summed E-state index contributed by atoms with van der Waals surface area (Å²) in [5.41, 5.74) is 3.78. The Balaban J connectivity index is 1.99. The fourth-order valence-corrected chi connectivity index (χ4v) is 3.05. The van der Waals surface area contributed by atoms with Gasteiger partial charge in [-0.05, 0) is 35.4 Å². The molecule has 4 nitrogen and oxygen atoms in total. The fraction of sp³-hybridized carbons (Fsp3) is 0.111. The van der Waals surface area contributed by atoms with E-state index < -0.39 is 11.6 Å². The number of nitrogens with one attached hydrogen (secondary N) is 1. The van der Waals surface area contributed by atoms with Gasteiger partial charge in [0.25, 0.3) is 5.91 Å². The smallest absolute Gasteiger partial charge is 0.251 e. The third kappa shape index (κ3) is 2.19. The van der Waals surface area contributed by atoms with Gasteiger partial charge in [-0.3, -0.25) is 4.79 Å². The van der Waals surface area contributed by atoms with Gasteiger partial charge >= 0.3 is 0 Å². The number of benzene rings is 2. The van der Waals surface area contributed by atoms with Crippen LogP contribution in [0.5, 0.6) is 0 Å². The van der Waals surface area contributed by atoms with E-state index in [4.69, 9.17) is 0 Å². The zero-order valence-electron chi connectivity index (χ0n) is 12.8. The lowest BCUT2D eigenvalue weighted by molar-refractivity contribution is 0.0966. The van der Waals surface area contributed by atoms with Gasteiger partial charge in [-0.2, -0.15) is 0 Å². The van der Waals surface area contributed by atoms with Crippen molar-refractivity contribution in [2.75, 3.05) is 0 Å². The van der Waals surface area contributed by atoms with E-state index >= 15 is 0 Å². The number of imidazole rings is 1. The van der Waals surface area contributed by atoms with Gasteiger partial charge in [-0.15, -0.1) is 0 Å². The van der Waals surface area contributed by atoms with E-state index in [0.717, 1.165) is 22.9 Å². The molecule has 1 amide bonds. The molecule has 0 saturated carbocycles. The van der Waals surface area contributed by atoms with Gasteiger partial charge in [0.1, 0.15) is 11.6 Å². The van der Waals surface area contributed by atoms with Crippen molar-refractivity contribution in [2.24, 2.45) is 7.05 Å². The highest BCUT2D eigenvalue weighted by Gasteiger charge is 2.25. The van der Waals surface area contributed by atoms with Crippen LogP contribution < -0.4 is 5.32 Å². The first-order chi connectivity index (χ1) is 11.5. The number of hydrogen-bond acceptors (Lipinski definition) is 2. The fourth-order valence-electron chi connectivity index (χ4n) is 3.05. The minimum absolute atomic E-state index is 0.196. The van der Waals surface area contributed by atoms with Crippen LogP contribution in [-0.2, 0) is 13.6 Å². The topological polar surface area (TPSA) is 46.9 Å². The monoisotopic (exact) mass is 325 g/mol. The predicted octanol–water partition coefficient (Wildman–Crippen LogP) is 3.28. The second-order valence-electron chi connectivity index (χ2n) is 5.75. The molecule has 1 N–H and O–H groups in total. The highest BCUT2D eigenvalue weighted by molar-refractivity contribution is 6.02. The standard InChI is InChI=1S/C18H13F2N3O/c1-23-9-21-8-17(23)13-4-10(5-14-15(13)7-22-18(14)24)12-3-2-11(19)6-16(12)20/h2-6,8-9H,7H2,1H3,(H,22,24). The number of fused-ring (bicyclic) bond motifs is 1. The zero-order chi connectivity index (χ0) is 16.8. The Kier molecular flexibility index (Phi) is 3.19. The SMILES string of the molecule is Cn1cncc1-c1cc(-c2ccc(F)cc2F)cc2c1CNC2=O. The van der Waals surface area contributed by atoms with E-state index in [1.165, 1.54) is 12.1 Å². The van der Waals surface area contributed by atoms with Gasteiger partial charge in [0.15, 0.2) is 0 Å². The molecule has 24 heavy (non-hydrogen) atoms. The molecule has 0 bridgehead atoms. The van der Waals surface area contributed by atoms with Crippen molar-refractivity contribution < 1.29 is 13.6 Å². The van der Waals surface area contributed by atoms with Crippen LogP contribution in [0.15, 0.2) is 42.9 Å². The lowest BCUT2D eigenvalue weighted by Crippen LogP contribution is -2.12. The first-order valence-corrected chi connectivity index (χ1v) is 7.42. The van der Waals surface area contributed by atoms with Crippen LogP contribution in [0.25, 0.3) is 22.4 Å². The van der Waals surface area contributed by atoms with Crippen LogP contribution >= 0.6 is 0 Å². The Bertz CT molecular complexity index is 978. The Morgan fingerprint density at radius 1 is 1.12 bits per heavy atom. The second-order valence-corrected chi connectivity index (χ2v) is 5.75. The number of nitrogens with zero attached hydrogens (tertiary/aromatic N) is 2. The molecule has 6 heteroatoms. The highest BCUT2D eigenvalue weighted by atomic mass is 19.1. The Hall–Kier alpha value is -3.02. The van der Waals surface area contributed by atoms with Gasteiger partial charge < -0.3 is 9.88 Å². The molecule has 0 radical (unpaired) electrons. The highest BCUT2D eigenvalue weighted by Crippen LogP contribution is 2.35. The van der Waals surface area contributed by atoms with E-state index in [9.17, 15) is 13.6 Å².